The molecular formula is C24H17Cl2N5O5S. The molecule has 1 amide bonds. The van der Waals surface area contributed by atoms with Crippen molar-refractivity contribution in [3.63, 3.8) is 0 Å². The number of fused-ring (bicyclic) bond motifs is 1. The van der Waals surface area contributed by atoms with Crippen molar-refractivity contribution < 1.29 is 22.6 Å². The van der Waals surface area contributed by atoms with Crippen LogP contribution in [0.4, 0.5) is 0 Å². The van der Waals surface area contributed by atoms with Crippen molar-refractivity contribution in [2.24, 2.45) is 0 Å². The van der Waals surface area contributed by atoms with Crippen molar-refractivity contribution in [2.75, 3.05) is 26.2 Å². The lowest BCUT2D eigenvalue weighted by atomic mass is 10.1. The van der Waals surface area contributed by atoms with Crippen molar-refractivity contribution >= 4 is 50.2 Å². The van der Waals surface area contributed by atoms with E-state index in [0.717, 1.165) is 0 Å². The predicted octanol–water partition coefficient (Wildman–Crippen LogP) is 4.34. The summed E-state index contributed by atoms with van der Waals surface area (Å²) in [6, 6.07) is 15.4. The van der Waals surface area contributed by atoms with Gasteiger partial charge in [0.05, 0.1) is 11.6 Å². The normalized spacial score (nSPS) is 14.5. The molecule has 188 valence electrons. The number of rotatable bonds is 5. The molecule has 10 nitrogen and oxygen atoms in total. The van der Waals surface area contributed by atoms with Gasteiger partial charge in [0.1, 0.15) is 27.4 Å². The van der Waals surface area contributed by atoms with E-state index in [-0.39, 0.29) is 54.0 Å². The molecule has 37 heavy (non-hydrogen) atoms. The molecule has 0 unspecified atom stereocenters. The molecule has 13 heteroatoms. The molecular weight excluding hydrogens is 541 g/mol. The lowest BCUT2D eigenvalue weighted by Crippen LogP contribution is -2.50. The number of nitriles is 1. The number of benzene rings is 3. The number of aromatic nitrogens is 2. The van der Waals surface area contributed by atoms with Crippen molar-refractivity contribution in [3.05, 3.63) is 75.8 Å². The van der Waals surface area contributed by atoms with Gasteiger partial charge in [0.25, 0.3) is 5.91 Å². The van der Waals surface area contributed by atoms with Gasteiger partial charge in [0.15, 0.2) is 0 Å². The van der Waals surface area contributed by atoms with E-state index in [2.05, 4.69) is 14.9 Å². The number of carbonyl (C=O) groups is 1. The van der Waals surface area contributed by atoms with Gasteiger partial charge in [0, 0.05) is 41.8 Å². The summed E-state index contributed by atoms with van der Waals surface area (Å²) in [5, 5.41) is 17.5. The van der Waals surface area contributed by atoms with E-state index in [4.69, 9.17) is 27.9 Å². The van der Waals surface area contributed by atoms with Gasteiger partial charge < -0.3 is 9.64 Å². The molecule has 1 aliphatic rings. The summed E-state index contributed by atoms with van der Waals surface area (Å²) in [6.07, 6.45) is 0. The molecule has 5 rings (SSSR count). The first-order valence-corrected chi connectivity index (χ1v) is 13.1. The Balaban J connectivity index is 1.37. The third kappa shape index (κ3) is 5.10. The summed E-state index contributed by atoms with van der Waals surface area (Å²) >= 11 is 12.1. The van der Waals surface area contributed by atoms with Crippen LogP contribution in [0.3, 0.4) is 0 Å². The zero-order valence-corrected chi connectivity index (χ0v) is 21.3. The summed E-state index contributed by atoms with van der Waals surface area (Å²) in [6.45, 7) is 0.457. The third-order valence-electron chi connectivity index (χ3n) is 5.78. The average Bonchev–Trinajstić information content (AvgIpc) is 3.36. The van der Waals surface area contributed by atoms with Gasteiger partial charge in [-0.3, -0.25) is 4.79 Å². The molecule has 1 aliphatic heterocycles. The van der Waals surface area contributed by atoms with Crippen molar-refractivity contribution in [1.29, 1.82) is 5.26 Å². The van der Waals surface area contributed by atoms with E-state index < -0.39 is 10.0 Å². The van der Waals surface area contributed by atoms with Crippen LogP contribution >= 0.6 is 23.2 Å². The van der Waals surface area contributed by atoms with Crippen molar-refractivity contribution in [2.45, 2.75) is 4.90 Å². The summed E-state index contributed by atoms with van der Waals surface area (Å²) in [5.74, 6) is 0.00833. The van der Waals surface area contributed by atoms with Crippen molar-refractivity contribution in [3.8, 4) is 17.6 Å². The minimum atomic E-state index is -4.08. The first-order valence-electron chi connectivity index (χ1n) is 10.9. The lowest BCUT2D eigenvalue weighted by molar-refractivity contribution is 0.0698. The smallest absolute Gasteiger partial charge is 0.254 e. The molecule has 0 aliphatic carbocycles. The number of carbonyl (C=O) groups excluding carboxylic acids is 1. The van der Waals surface area contributed by atoms with Crippen molar-refractivity contribution in [1.82, 2.24) is 19.5 Å². The van der Waals surface area contributed by atoms with Crippen LogP contribution in [0, 0.1) is 11.3 Å². The number of halogens is 2. The quantitative estimate of drug-likeness (QED) is 0.354. The Morgan fingerprint density at radius 3 is 2.35 bits per heavy atom. The molecule has 1 fully saturated rings. The number of amides is 1. The number of piperazine rings is 1. The highest BCUT2D eigenvalue weighted by Gasteiger charge is 2.33. The van der Waals surface area contributed by atoms with E-state index >= 15 is 0 Å². The highest BCUT2D eigenvalue weighted by molar-refractivity contribution is 7.89. The van der Waals surface area contributed by atoms with Gasteiger partial charge >= 0.3 is 0 Å². The number of sulfonamides is 1. The maximum Gasteiger partial charge on any atom is 0.254 e. The summed E-state index contributed by atoms with van der Waals surface area (Å²) in [5.41, 5.74) is 1.54. The molecule has 1 aromatic heterocycles. The van der Waals surface area contributed by atoms with E-state index in [0.29, 0.717) is 26.6 Å². The molecule has 0 atom stereocenters. The van der Waals surface area contributed by atoms with Crippen LogP contribution < -0.4 is 4.74 Å². The molecule has 0 radical (unpaired) electrons. The number of ether oxygens (including phenoxy) is 1. The van der Waals surface area contributed by atoms with E-state index in [1.807, 2.05) is 6.07 Å². The van der Waals surface area contributed by atoms with E-state index in [1.165, 1.54) is 40.7 Å². The molecule has 0 bridgehead atoms. The SMILES string of the molecule is N#Cc1ccc(Oc2cc(Cl)cc(Cl)c2)c(S(=O)(=O)N2CCN(C(=O)c3ccc4nonc4c3)CC2)c1. The van der Waals surface area contributed by atoms with Crippen LogP contribution in [0.1, 0.15) is 15.9 Å². The fraction of sp³-hybridized carbons (Fsp3) is 0.167. The minimum absolute atomic E-state index is 0.0189. The van der Waals surface area contributed by atoms with Gasteiger partial charge in [-0.2, -0.15) is 9.57 Å². The van der Waals surface area contributed by atoms with Crippen LogP contribution in [0.5, 0.6) is 11.5 Å². The second kappa shape index (κ2) is 9.99. The topological polar surface area (TPSA) is 130 Å². The van der Waals surface area contributed by atoms with Gasteiger partial charge in [-0.15, -0.1) is 0 Å². The van der Waals surface area contributed by atoms with E-state index in [9.17, 15) is 18.5 Å². The number of hydrogen-bond acceptors (Lipinski definition) is 8. The zero-order chi connectivity index (χ0) is 26.2. The Morgan fingerprint density at radius 2 is 1.65 bits per heavy atom. The van der Waals surface area contributed by atoms with Crippen LogP contribution in [-0.4, -0.2) is 60.0 Å². The Hall–Kier alpha value is -3.69. The number of nitrogens with zero attached hydrogens (tertiary/aromatic N) is 5. The third-order valence-corrected chi connectivity index (χ3v) is 8.14. The molecule has 0 saturated carbocycles. The molecule has 3 aromatic carbocycles. The first kappa shape index (κ1) is 25.0. The first-order chi connectivity index (χ1) is 17.7. The standard InChI is InChI=1S/C24H17Cl2N5O5S/c25-17-11-18(26)13-19(12-17)35-22-4-1-15(14-27)9-23(22)37(33,34)31-7-5-30(6-8-31)24(32)16-2-3-20-21(10-16)29-36-28-20/h1-4,9-13H,5-8H2. The Morgan fingerprint density at radius 1 is 0.946 bits per heavy atom. The fourth-order valence-electron chi connectivity index (χ4n) is 3.95. The summed E-state index contributed by atoms with van der Waals surface area (Å²) in [4.78, 5) is 14.4. The lowest BCUT2D eigenvalue weighted by Gasteiger charge is -2.34. The monoisotopic (exact) mass is 557 g/mol. The molecule has 1 saturated heterocycles. The largest absolute Gasteiger partial charge is 0.456 e. The van der Waals surface area contributed by atoms with Crippen LogP contribution in [0.25, 0.3) is 11.0 Å². The van der Waals surface area contributed by atoms with E-state index in [1.54, 1.807) is 23.1 Å². The van der Waals surface area contributed by atoms with Crippen LogP contribution in [0.2, 0.25) is 10.0 Å². The Kier molecular flexibility index (Phi) is 6.74. The van der Waals surface area contributed by atoms with Gasteiger partial charge in [-0.1, -0.05) is 23.2 Å². The summed E-state index contributed by atoms with van der Waals surface area (Å²) in [7, 11) is -4.08. The highest BCUT2D eigenvalue weighted by Crippen LogP contribution is 2.34. The molecule has 0 spiro atoms. The summed E-state index contributed by atoms with van der Waals surface area (Å²) < 4.78 is 39.0. The van der Waals surface area contributed by atoms with Gasteiger partial charge in [-0.25, -0.2) is 13.0 Å². The van der Waals surface area contributed by atoms with Gasteiger partial charge in [-0.05, 0) is 64.9 Å². The maximum atomic E-state index is 13.6. The second-order valence-electron chi connectivity index (χ2n) is 8.14. The van der Waals surface area contributed by atoms with Gasteiger partial charge in [0.2, 0.25) is 10.0 Å². The minimum Gasteiger partial charge on any atom is -0.456 e. The molecule has 4 aromatic rings. The average molecular weight is 558 g/mol. The Labute approximate surface area is 221 Å². The molecule has 2 heterocycles. The van der Waals surface area contributed by atoms with Crippen LogP contribution in [0.15, 0.2) is 64.1 Å². The Bertz CT molecular complexity index is 1640. The highest BCUT2D eigenvalue weighted by atomic mass is 35.5. The van der Waals surface area contributed by atoms with Crippen LogP contribution in [-0.2, 0) is 10.0 Å². The number of hydrogen-bond donors (Lipinski definition) is 0. The predicted molar refractivity (Wildman–Crippen MR) is 134 cm³/mol. The zero-order valence-electron chi connectivity index (χ0n) is 19.0. The molecule has 0 N–H and O–H groups in total. The maximum absolute atomic E-state index is 13.6. The second-order valence-corrected chi connectivity index (χ2v) is 10.9. The fourth-order valence-corrected chi connectivity index (χ4v) is 6.01.